The summed E-state index contributed by atoms with van der Waals surface area (Å²) in [6.45, 7) is 5.59. The number of oxime groups is 1. The highest BCUT2D eigenvalue weighted by atomic mass is 16.4. The van der Waals surface area contributed by atoms with Crippen LogP contribution in [0.2, 0.25) is 0 Å². The van der Waals surface area contributed by atoms with Crippen LogP contribution in [0.1, 0.15) is 52.4 Å². The monoisotopic (exact) mass is 227 g/mol. The Bertz CT molecular complexity index is 230. The molecule has 0 aromatic rings. The van der Waals surface area contributed by atoms with Crippen molar-refractivity contribution >= 4 is 5.84 Å². The van der Waals surface area contributed by atoms with E-state index >= 15 is 0 Å². The molecule has 1 fully saturated rings. The number of hydrogen-bond acceptors (Lipinski definition) is 3. The molecule has 1 saturated heterocycles. The van der Waals surface area contributed by atoms with E-state index in [9.17, 15) is 0 Å². The molecule has 0 amide bonds. The molecule has 2 unspecified atom stereocenters. The van der Waals surface area contributed by atoms with Crippen LogP contribution >= 0.6 is 0 Å². The zero-order valence-corrected chi connectivity index (χ0v) is 10.5. The molecule has 0 radical (unpaired) electrons. The Hall–Kier alpha value is -0.770. The Morgan fingerprint density at radius 3 is 2.81 bits per heavy atom. The Balaban J connectivity index is 2.61. The summed E-state index contributed by atoms with van der Waals surface area (Å²) < 4.78 is 0. The minimum Gasteiger partial charge on any atom is -0.409 e. The van der Waals surface area contributed by atoms with Crippen molar-refractivity contribution in [3.63, 3.8) is 0 Å². The summed E-state index contributed by atoms with van der Waals surface area (Å²) in [6, 6.07) is 1.12. The third kappa shape index (κ3) is 3.37. The van der Waals surface area contributed by atoms with Crippen LogP contribution < -0.4 is 5.73 Å². The fourth-order valence-electron chi connectivity index (χ4n) is 2.72. The Morgan fingerprint density at radius 1 is 1.50 bits per heavy atom. The van der Waals surface area contributed by atoms with Gasteiger partial charge in [-0.25, -0.2) is 0 Å². The van der Waals surface area contributed by atoms with Gasteiger partial charge in [0.25, 0.3) is 0 Å². The number of hydrogen-bond donors (Lipinski definition) is 2. The van der Waals surface area contributed by atoms with E-state index in [1.807, 2.05) is 0 Å². The zero-order valence-electron chi connectivity index (χ0n) is 10.5. The van der Waals surface area contributed by atoms with Gasteiger partial charge in [0.15, 0.2) is 0 Å². The molecule has 4 nitrogen and oxygen atoms in total. The summed E-state index contributed by atoms with van der Waals surface area (Å²) >= 11 is 0. The second-order valence-corrected chi connectivity index (χ2v) is 4.65. The number of piperidine rings is 1. The first-order chi connectivity index (χ1) is 7.72. The molecule has 4 heteroatoms. The molecule has 1 aliphatic heterocycles. The van der Waals surface area contributed by atoms with Gasteiger partial charge in [-0.3, -0.25) is 4.90 Å². The van der Waals surface area contributed by atoms with Crippen LogP contribution in [0.5, 0.6) is 0 Å². The predicted molar refractivity (Wildman–Crippen MR) is 66.7 cm³/mol. The van der Waals surface area contributed by atoms with E-state index in [2.05, 4.69) is 23.9 Å². The Morgan fingerprint density at radius 2 is 2.25 bits per heavy atom. The van der Waals surface area contributed by atoms with Crippen molar-refractivity contribution in [2.24, 2.45) is 10.9 Å². The van der Waals surface area contributed by atoms with Crippen molar-refractivity contribution in [3.8, 4) is 0 Å². The highest BCUT2D eigenvalue weighted by molar-refractivity contribution is 5.80. The highest BCUT2D eigenvalue weighted by Crippen LogP contribution is 2.24. The first-order valence-corrected chi connectivity index (χ1v) is 6.45. The minimum absolute atomic E-state index is 0.354. The maximum absolute atomic E-state index is 8.65. The van der Waals surface area contributed by atoms with Crippen LogP contribution in [-0.4, -0.2) is 34.6 Å². The van der Waals surface area contributed by atoms with E-state index in [1.165, 1.54) is 25.7 Å². The molecular weight excluding hydrogens is 202 g/mol. The Kier molecular flexibility index (Phi) is 5.60. The quantitative estimate of drug-likeness (QED) is 0.327. The molecule has 0 aromatic heterocycles. The van der Waals surface area contributed by atoms with Gasteiger partial charge in [-0.05, 0) is 32.2 Å². The van der Waals surface area contributed by atoms with Crippen molar-refractivity contribution in [2.45, 2.75) is 64.5 Å². The van der Waals surface area contributed by atoms with E-state index in [4.69, 9.17) is 10.9 Å². The first-order valence-electron chi connectivity index (χ1n) is 6.45. The van der Waals surface area contributed by atoms with Crippen LogP contribution in [0.4, 0.5) is 0 Å². The lowest BCUT2D eigenvalue weighted by Crippen LogP contribution is -2.47. The van der Waals surface area contributed by atoms with Gasteiger partial charge in [0.1, 0.15) is 5.84 Å². The van der Waals surface area contributed by atoms with Crippen molar-refractivity contribution in [1.29, 1.82) is 0 Å². The molecule has 16 heavy (non-hydrogen) atoms. The molecule has 94 valence electrons. The summed E-state index contributed by atoms with van der Waals surface area (Å²) in [4.78, 5) is 2.56. The summed E-state index contributed by atoms with van der Waals surface area (Å²) in [6.07, 6.45) is 6.87. The van der Waals surface area contributed by atoms with E-state index in [-0.39, 0.29) is 0 Å². The molecule has 0 bridgehead atoms. The fourth-order valence-corrected chi connectivity index (χ4v) is 2.72. The van der Waals surface area contributed by atoms with Crippen LogP contribution in [0.15, 0.2) is 5.16 Å². The third-order valence-corrected chi connectivity index (χ3v) is 3.66. The molecule has 3 N–H and O–H groups in total. The summed E-state index contributed by atoms with van der Waals surface area (Å²) in [7, 11) is 0. The van der Waals surface area contributed by atoms with Gasteiger partial charge in [-0.1, -0.05) is 25.4 Å². The van der Waals surface area contributed by atoms with Gasteiger partial charge in [-0.15, -0.1) is 0 Å². The predicted octanol–water partition coefficient (Wildman–Crippen LogP) is 2.17. The number of amidine groups is 1. The van der Waals surface area contributed by atoms with Crippen LogP contribution in [0.3, 0.4) is 0 Å². The average Bonchev–Trinajstić information content (AvgIpc) is 2.35. The van der Waals surface area contributed by atoms with Gasteiger partial charge in [0.05, 0.1) is 0 Å². The molecule has 0 spiro atoms. The number of nitrogens with zero attached hydrogens (tertiary/aromatic N) is 2. The van der Waals surface area contributed by atoms with Gasteiger partial charge < -0.3 is 10.9 Å². The Labute approximate surface area is 98.5 Å². The average molecular weight is 227 g/mol. The normalized spacial score (nSPS) is 25.6. The zero-order chi connectivity index (χ0) is 12.0. The van der Waals surface area contributed by atoms with Crippen LogP contribution in [0, 0.1) is 0 Å². The maximum Gasteiger partial charge on any atom is 0.140 e. The smallest absolute Gasteiger partial charge is 0.140 e. The largest absolute Gasteiger partial charge is 0.409 e. The van der Waals surface area contributed by atoms with Gasteiger partial charge in [0.2, 0.25) is 0 Å². The summed E-state index contributed by atoms with van der Waals surface area (Å²) in [5.74, 6) is 0.354. The van der Waals surface area contributed by atoms with E-state index in [0.29, 0.717) is 24.3 Å². The first kappa shape index (κ1) is 13.3. The summed E-state index contributed by atoms with van der Waals surface area (Å²) in [5, 5.41) is 11.7. The van der Waals surface area contributed by atoms with Gasteiger partial charge >= 0.3 is 0 Å². The summed E-state index contributed by atoms with van der Waals surface area (Å²) in [5.41, 5.74) is 5.62. The standard InChI is InChI=1S/C12H25N3O/c1-3-10-7-5-6-8-15(10)11(4-2)9-12(13)14-16/h10-11,16H,3-9H2,1-2H3,(H2,13,14). The highest BCUT2D eigenvalue weighted by Gasteiger charge is 2.27. The van der Waals surface area contributed by atoms with E-state index in [1.54, 1.807) is 0 Å². The van der Waals surface area contributed by atoms with Crippen molar-refractivity contribution in [2.75, 3.05) is 6.54 Å². The fraction of sp³-hybridized carbons (Fsp3) is 0.917. The lowest BCUT2D eigenvalue weighted by atomic mass is 9.95. The maximum atomic E-state index is 8.65. The second kappa shape index (κ2) is 6.74. The molecular formula is C12H25N3O. The molecule has 0 saturated carbocycles. The third-order valence-electron chi connectivity index (χ3n) is 3.66. The molecule has 1 rings (SSSR count). The topological polar surface area (TPSA) is 61.8 Å². The number of likely N-dealkylation sites (tertiary alicyclic amines) is 1. The lowest BCUT2D eigenvalue weighted by molar-refractivity contribution is 0.0916. The molecule has 2 atom stereocenters. The lowest BCUT2D eigenvalue weighted by Gasteiger charge is -2.40. The SMILES string of the molecule is CCC1CCCCN1C(CC)C/C(N)=N/O. The van der Waals surface area contributed by atoms with Gasteiger partial charge in [-0.2, -0.15) is 0 Å². The number of rotatable bonds is 5. The van der Waals surface area contributed by atoms with Crippen molar-refractivity contribution in [3.05, 3.63) is 0 Å². The van der Waals surface area contributed by atoms with Crippen molar-refractivity contribution < 1.29 is 5.21 Å². The molecule has 1 aliphatic rings. The minimum atomic E-state index is 0.354. The number of nitrogens with two attached hydrogens (primary N) is 1. The molecule has 0 aromatic carbocycles. The van der Waals surface area contributed by atoms with Crippen LogP contribution in [-0.2, 0) is 0 Å². The van der Waals surface area contributed by atoms with E-state index in [0.717, 1.165) is 13.0 Å². The van der Waals surface area contributed by atoms with E-state index < -0.39 is 0 Å². The molecule has 1 heterocycles. The second-order valence-electron chi connectivity index (χ2n) is 4.65. The van der Waals surface area contributed by atoms with Crippen molar-refractivity contribution in [1.82, 2.24) is 4.90 Å². The molecule has 0 aliphatic carbocycles. The van der Waals surface area contributed by atoms with Crippen LogP contribution in [0.25, 0.3) is 0 Å². The van der Waals surface area contributed by atoms with Gasteiger partial charge in [0, 0.05) is 18.5 Å².